The topological polar surface area (TPSA) is 161 Å². The number of pyridine rings is 1. The molecule has 3 atom stereocenters. The van der Waals surface area contributed by atoms with E-state index in [1.807, 2.05) is 32.3 Å². The van der Waals surface area contributed by atoms with Gasteiger partial charge in [0.15, 0.2) is 0 Å². The number of ether oxygens (including phenoxy) is 1. The number of cyclic esters (lactones) is 1. The van der Waals surface area contributed by atoms with Crippen LogP contribution in [0.3, 0.4) is 0 Å². The zero-order valence-corrected chi connectivity index (χ0v) is 44.1. The number of likely N-dealkylation sites (N-methyl/N-ethyl adjacent to an activating group) is 1. The van der Waals surface area contributed by atoms with Crippen molar-refractivity contribution in [3.63, 3.8) is 0 Å². The van der Waals surface area contributed by atoms with Gasteiger partial charge in [-0.05, 0) is 113 Å². The van der Waals surface area contributed by atoms with Crippen LogP contribution in [0.25, 0.3) is 33.3 Å². The molecule has 4 N–H and O–H groups in total. The van der Waals surface area contributed by atoms with Crippen LogP contribution in [-0.4, -0.2) is 96.3 Å². The molecule has 13 nitrogen and oxygen atoms in total. The first-order valence-corrected chi connectivity index (χ1v) is 27.2. The van der Waals surface area contributed by atoms with E-state index >= 15 is 4.79 Å². The molecule has 68 heavy (non-hydrogen) atoms. The van der Waals surface area contributed by atoms with Gasteiger partial charge in [0.05, 0.1) is 12.3 Å². The zero-order chi connectivity index (χ0) is 49.8. The maximum atomic E-state index is 15.0. The summed E-state index contributed by atoms with van der Waals surface area (Å²) in [5.74, 6) is -1.06. The molecule has 2 aliphatic rings. The predicted octanol–water partition coefficient (Wildman–Crippen LogP) is 8.99. The van der Waals surface area contributed by atoms with Crippen LogP contribution in [0.2, 0.25) is 16.6 Å². The summed E-state index contributed by atoms with van der Waals surface area (Å²) in [4.78, 5) is 62.8. The molecule has 0 saturated carbocycles. The predicted molar refractivity (Wildman–Crippen MR) is 274 cm³/mol. The highest BCUT2D eigenvalue weighted by atomic mass is 28.4. The third-order valence-corrected chi connectivity index (χ3v) is 20.5. The molecule has 14 heteroatoms. The van der Waals surface area contributed by atoms with E-state index in [0.717, 1.165) is 63.1 Å². The number of esters is 1. The van der Waals surface area contributed by atoms with Crippen molar-refractivity contribution in [3.8, 4) is 28.1 Å². The van der Waals surface area contributed by atoms with Gasteiger partial charge in [-0.3, -0.25) is 29.2 Å². The number of aryl methyl sites for hydroxylation is 2. The van der Waals surface area contributed by atoms with E-state index < -0.39 is 43.7 Å². The van der Waals surface area contributed by atoms with Gasteiger partial charge in [-0.25, -0.2) is 5.43 Å². The summed E-state index contributed by atoms with van der Waals surface area (Å²) in [6.45, 7) is 27.4. The minimum absolute atomic E-state index is 0.0895. The average molecular weight is 950 g/mol. The van der Waals surface area contributed by atoms with Crippen molar-refractivity contribution >= 4 is 42.9 Å². The lowest BCUT2D eigenvalue weighted by molar-refractivity contribution is -0.155. The van der Waals surface area contributed by atoms with Gasteiger partial charge >= 0.3 is 5.97 Å². The molecule has 6 rings (SSSR count). The molecule has 0 aliphatic carbocycles. The molecule has 1 saturated heterocycles. The molecule has 0 radical (unpaired) electrons. The quantitative estimate of drug-likeness (QED) is 0.0828. The first kappa shape index (κ1) is 52.3. The third-order valence-electron chi connectivity index (χ3n) is 14.5. The number of nitrogens with zero attached hydrogens (tertiary/aromatic N) is 4. The average Bonchev–Trinajstić information content (AvgIpc) is 3.59. The van der Waals surface area contributed by atoms with E-state index in [1.54, 1.807) is 7.05 Å². The van der Waals surface area contributed by atoms with Crippen LogP contribution in [0.4, 0.5) is 0 Å². The Morgan fingerprint density at radius 2 is 1.71 bits per heavy atom. The van der Waals surface area contributed by atoms with Crippen LogP contribution in [0.15, 0.2) is 54.9 Å². The van der Waals surface area contributed by atoms with Gasteiger partial charge in [0, 0.05) is 73.8 Å². The van der Waals surface area contributed by atoms with Crippen molar-refractivity contribution in [3.05, 3.63) is 71.5 Å². The number of carbonyl (C=O) groups excluding carboxylic acids is 4. The van der Waals surface area contributed by atoms with Gasteiger partial charge in [-0.1, -0.05) is 88.3 Å². The first-order chi connectivity index (χ1) is 32.2. The standard InChI is InChI=1S/C54H79N7O6Si/c1-14-38-21-23-56-31-44(38)50-43-30-54(11,12)32-66-53(65)45-17-16-24-61(58-45)52(64)46(57-51(63)49(33(3)4)59(13)48(62)20-22-55)27-37-25-40(39-18-19-47(42(43)29-39)60(50)15-2)28-41(26-37)67-68(34(5)6,35(7)8)36(9)10/h18-19,21,23,25-26,28-29,31,33-36,45-46,49,58H,14-17,20,22,24,27,30,32,55H2,1-13H3,(H,57,63)/t45-,46-,49-/m0/s1. The highest BCUT2D eigenvalue weighted by Crippen LogP contribution is 2.45. The molecule has 4 aromatic rings. The van der Waals surface area contributed by atoms with E-state index in [0.29, 0.717) is 42.4 Å². The minimum atomic E-state index is -2.49. The van der Waals surface area contributed by atoms with Crippen molar-refractivity contribution in [1.82, 2.24) is 30.2 Å². The van der Waals surface area contributed by atoms with Crippen LogP contribution in [0, 0.1) is 11.3 Å². The molecular formula is C54H79N7O6Si. The summed E-state index contributed by atoms with van der Waals surface area (Å²) in [5, 5.41) is 5.69. The fourth-order valence-electron chi connectivity index (χ4n) is 11.2. The normalized spacial score (nSPS) is 18.5. The number of hydrazine groups is 1. The second kappa shape index (κ2) is 21.7. The van der Waals surface area contributed by atoms with E-state index in [4.69, 9.17) is 14.9 Å². The van der Waals surface area contributed by atoms with Gasteiger partial charge < -0.3 is 29.7 Å². The van der Waals surface area contributed by atoms with Crippen LogP contribution in [0.5, 0.6) is 5.75 Å². The molecule has 2 aromatic carbocycles. The number of aromatic nitrogens is 2. The smallest absolute Gasteiger partial charge is 0.324 e. The lowest BCUT2D eigenvalue weighted by Gasteiger charge is -2.42. The summed E-state index contributed by atoms with van der Waals surface area (Å²) in [6.07, 6.45) is 6.54. The second-order valence-corrected chi connectivity index (χ2v) is 26.6. The lowest BCUT2D eigenvalue weighted by Crippen LogP contribution is -2.62. The molecule has 2 aliphatic heterocycles. The third kappa shape index (κ3) is 10.9. The first-order valence-electron chi connectivity index (χ1n) is 25.1. The number of benzene rings is 2. The van der Waals surface area contributed by atoms with E-state index in [2.05, 4.69) is 126 Å². The lowest BCUT2D eigenvalue weighted by atomic mass is 9.84. The van der Waals surface area contributed by atoms with Crippen molar-refractivity contribution in [2.24, 2.45) is 17.1 Å². The molecule has 2 aromatic heterocycles. The Kier molecular flexibility index (Phi) is 16.7. The molecule has 0 spiro atoms. The number of hydrogen-bond donors (Lipinski definition) is 3. The Hall–Kier alpha value is -5.05. The molecule has 1 fully saturated rings. The van der Waals surface area contributed by atoms with Crippen molar-refractivity contribution in [1.29, 1.82) is 0 Å². The van der Waals surface area contributed by atoms with Crippen molar-refractivity contribution < 1.29 is 28.3 Å². The Morgan fingerprint density at radius 3 is 2.34 bits per heavy atom. The maximum absolute atomic E-state index is 15.0. The summed E-state index contributed by atoms with van der Waals surface area (Å²) < 4.78 is 16.0. The highest BCUT2D eigenvalue weighted by molar-refractivity contribution is 6.78. The van der Waals surface area contributed by atoms with Crippen LogP contribution < -0.4 is 20.9 Å². The van der Waals surface area contributed by atoms with Crippen LogP contribution in [0.1, 0.15) is 119 Å². The van der Waals surface area contributed by atoms with Crippen molar-refractivity contribution in [2.75, 3.05) is 26.7 Å². The van der Waals surface area contributed by atoms with Gasteiger partial charge in [0.25, 0.3) is 14.2 Å². The summed E-state index contributed by atoms with van der Waals surface area (Å²) in [7, 11) is -0.880. The second-order valence-electron chi connectivity index (χ2n) is 21.2. The number of nitrogens with one attached hydrogen (secondary N) is 2. The van der Waals surface area contributed by atoms with Gasteiger partial charge in [-0.15, -0.1) is 0 Å². The fourth-order valence-corrected chi connectivity index (χ4v) is 16.4. The van der Waals surface area contributed by atoms with Gasteiger partial charge in [0.2, 0.25) is 11.8 Å². The molecule has 6 bridgehead atoms. The number of carbonyl (C=O) groups is 4. The van der Waals surface area contributed by atoms with Gasteiger partial charge in [-0.2, -0.15) is 0 Å². The fraction of sp³-hybridized carbons (Fsp3) is 0.574. The number of fused-ring (bicyclic) bond motifs is 6. The number of nitrogens with two attached hydrogens (primary N) is 1. The molecule has 3 amide bonds. The van der Waals surface area contributed by atoms with E-state index in [1.165, 1.54) is 15.5 Å². The van der Waals surface area contributed by atoms with E-state index in [9.17, 15) is 14.4 Å². The SMILES string of the molecule is CCc1ccncc1-c1c2c3cc(ccc3n1CC)-c1cc(cc(O[Si](C(C)C)(C(C)C)C(C)C)c1)C[C@H](NC(=O)[C@H](C(C)C)N(C)C(=O)CCN)C(=O)N1CCC[C@H](N1)C(=O)OCC(C)(C)C2. The highest BCUT2D eigenvalue weighted by Gasteiger charge is 2.47. The van der Waals surface area contributed by atoms with E-state index in [-0.39, 0.29) is 43.7 Å². The van der Waals surface area contributed by atoms with Crippen LogP contribution >= 0.6 is 0 Å². The Bertz CT molecular complexity index is 2440. The number of rotatable bonds is 14. The largest absolute Gasteiger partial charge is 0.543 e. The van der Waals surface area contributed by atoms with Crippen molar-refractivity contribution in [2.45, 2.75) is 163 Å². The Labute approximate surface area is 406 Å². The Balaban J connectivity index is 1.62. The molecule has 4 heterocycles. The van der Waals surface area contributed by atoms with Gasteiger partial charge in [0.1, 0.15) is 23.9 Å². The Morgan fingerprint density at radius 1 is 1.00 bits per heavy atom. The molecular weight excluding hydrogens is 871 g/mol. The van der Waals surface area contributed by atoms with Crippen LogP contribution in [-0.2, 0) is 49.7 Å². The summed E-state index contributed by atoms with van der Waals surface area (Å²) in [5.41, 5.74) is 17.8. The number of amides is 3. The maximum Gasteiger partial charge on any atom is 0.324 e. The number of hydrogen-bond acceptors (Lipinski definition) is 9. The molecule has 0 unspecified atom stereocenters. The minimum Gasteiger partial charge on any atom is -0.543 e. The molecule has 370 valence electrons. The summed E-state index contributed by atoms with van der Waals surface area (Å²) >= 11 is 0. The summed E-state index contributed by atoms with van der Waals surface area (Å²) in [6, 6.07) is 12.3. The monoisotopic (exact) mass is 950 g/mol. The zero-order valence-electron chi connectivity index (χ0n) is 43.1.